The van der Waals surface area contributed by atoms with Gasteiger partial charge in [-0.1, -0.05) is 42.0 Å². The fourth-order valence-corrected chi connectivity index (χ4v) is 1.14. The molecular formula is C13H25NO2. The first-order valence-electron chi connectivity index (χ1n) is 5.60. The second-order valence-corrected chi connectivity index (χ2v) is 4.81. The third-order valence-electron chi connectivity index (χ3n) is 2.52. The van der Waals surface area contributed by atoms with Gasteiger partial charge >= 0.3 is 0 Å². The molecule has 3 nitrogen and oxygen atoms in total. The highest BCUT2D eigenvalue weighted by molar-refractivity contribution is 5.14. The van der Waals surface area contributed by atoms with Gasteiger partial charge in [-0.05, 0) is 17.0 Å². The minimum atomic E-state index is 0. The molecular weight excluding hydrogens is 202 g/mol. The van der Waals surface area contributed by atoms with Crippen molar-refractivity contribution in [3.63, 3.8) is 0 Å². The molecule has 0 saturated heterocycles. The van der Waals surface area contributed by atoms with Crippen LogP contribution in [-0.4, -0.2) is 11.8 Å². The van der Waals surface area contributed by atoms with Crippen LogP contribution in [0.1, 0.15) is 53.7 Å². The molecule has 0 N–H and O–H groups in total. The second kappa shape index (κ2) is 6.56. The normalized spacial score (nSPS) is 12.7. The second-order valence-electron chi connectivity index (χ2n) is 4.81. The molecule has 16 heavy (non-hydrogen) atoms. The van der Waals surface area contributed by atoms with Crippen molar-refractivity contribution < 1.29 is 9.26 Å². The Morgan fingerprint density at radius 1 is 1.25 bits per heavy atom. The molecule has 1 rings (SSSR count). The van der Waals surface area contributed by atoms with E-state index < -0.39 is 0 Å². The van der Waals surface area contributed by atoms with Crippen molar-refractivity contribution in [3.8, 4) is 5.88 Å². The van der Waals surface area contributed by atoms with E-state index >= 15 is 0 Å². The fraction of sp³-hybridized carbons (Fsp3) is 0.769. The summed E-state index contributed by atoms with van der Waals surface area (Å²) in [5, 5.41) is 3.89. The summed E-state index contributed by atoms with van der Waals surface area (Å²) < 4.78 is 10.7. The zero-order valence-electron chi connectivity index (χ0n) is 10.3. The van der Waals surface area contributed by atoms with Gasteiger partial charge in [-0.15, -0.1) is 0 Å². The molecule has 0 radical (unpaired) electrons. The summed E-state index contributed by atoms with van der Waals surface area (Å²) in [6.07, 6.45) is 0. The summed E-state index contributed by atoms with van der Waals surface area (Å²) >= 11 is 0. The van der Waals surface area contributed by atoms with E-state index in [1.165, 1.54) is 0 Å². The summed E-state index contributed by atoms with van der Waals surface area (Å²) in [6, 6.07) is 1.90. The summed E-state index contributed by atoms with van der Waals surface area (Å²) in [5.41, 5.74) is 0. The largest absolute Gasteiger partial charge is 0.475 e. The van der Waals surface area contributed by atoms with Crippen LogP contribution in [0, 0.1) is 11.8 Å². The van der Waals surface area contributed by atoms with Gasteiger partial charge in [0.05, 0.1) is 6.61 Å². The van der Waals surface area contributed by atoms with Crippen LogP contribution in [0.5, 0.6) is 5.88 Å². The Kier molecular flexibility index (Phi) is 6.16. The van der Waals surface area contributed by atoms with E-state index in [4.69, 9.17) is 9.26 Å². The van der Waals surface area contributed by atoms with Gasteiger partial charge in [0.2, 0.25) is 0 Å². The van der Waals surface area contributed by atoms with Crippen molar-refractivity contribution in [1.82, 2.24) is 5.16 Å². The lowest BCUT2D eigenvalue weighted by Gasteiger charge is -2.10. The first kappa shape index (κ1) is 15.0. The molecule has 1 heterocycles. The number of nitrogens with zero attached hydrogens (tertiary/aromatic N) is 1. The molecule has 0 fully saturated rings. The first-order chi connectivity index (χ1) is 7.00. The van der Waals surface area contributed by atoms with Gasteiger partial charge in [-0.25, -0.2) is 0 Å². The lowest BCUT2D eigenvalue weighted by molar-refractivity contribution is 0.240. The number of hydrogen-bond donors (Lipinski definition) is 0. The van der Waals surface area contributed by atoms with Gasteiger partial charge in [0, 0.05) is 12.0 Å². The van der Waals surface area contributed by atoms with Crippen molar-refractivity contribution in [2.45, 2.75) is 48.0 Å². The third-order valence-corrected chi connectivity index (χ3v) is 2.52. The Morgan fingerprint density at radius 2 is 1.88 bits per heavy atom. The number of hydrogen-bond acceptors (Lipinski definition) is 3. The maximum Gasteiger partial charge on any atom is 0.254 e. The van der Waals surface area contributed by atoms with Crippen LogP contribution >= 0.6 is 0 Å². The summed E-state index contributed by atoms with van der Waals surface area (Å²) in [6.45, 7) is 11.4. The maximum absolute atomic E-state index is 5.47. The topological polar surface area (TPSA) is 35.3 Å². The monoisotopic (exact) mass is 227 g/mol. The molecule has 3 heteroatoms. The van der Waals surface area contributed by atoms with E-state index in [2.05, 4.69) is 39.8 Å². The molecule has 0 saturated carbocycles. The van der Waals surface area contributed by atoms with Crippen molar-refractivity contribution in [3.05, 3.63) is 11.8 Å². The van der Waals surface area contributed by atoms with E-state index in [0.29, 0.717) is 30.2 Å². The Hall–Kier alpha value is -0.990. The Bertz CT molecular complexity index is 292. The molecule has 0 aliphatic rings. The molecule has 0 bridgehead atoms. The van der Waals surface area contributed by atoms with Gasteiger partial charge in [0.15, 0.2) is 0 Å². The molecule has 1 atom stereocenters. The number of ether oxygens (including phenoxy) is 1. The molecule has 0 unspecified atom stereocenters. The van der Waals surface area contributed by atoms with E-state index in [1.807, 2.05) is 6.07 Å². The average molecular weight is 227 g/mol. The fourth-order valence-electron chi connectivity index (χ4n) is 1.14. The number of aromatic nitrogens is 1. The summed E-state index contributed by atoms with van der Waals surface area (Å²) in [4.78, 5) is 0. The third kappa shape index (κ3) is 4.25. The summed E-state index contributed by atoms with van der Waals surface area (Å²) in [7, 11) is 0. The molecule has 1 aromatic heterocycles. The van der Waals surface area contributed by atoms with Crippen LogP contribution in [-0.2, 0) is 0 Å². The van der Waals surface area contributed by atoms with E-state index in [1.54, 1.807) is 0 Å². The first-order valence-corrected chi connectivity index (χ1v) is 5.60. The molecule has 94 valence electrons. The van der Waals surface area contributed by atoms with Gasteiger partial charge in [-0.3, -0.25) is 0 Å². The Labute approximate surface area is 99.2 Å². The van der Waals surface area contributed by atoms with Crippen molar-refractivity contribution in [2.24, 2.45) is 11.8 Å². The van der Waals surface area contributed by atoms with Crippen molar-refractivity contribution in [2.75, 3.05) is 6.61 Å². The highest BCUT2D eigenvalue weighted by Crippen LogP contribution is 2.26. The lowest BCUT2D eigenvalue weighted by Crippen LogP contribution is -2.04. The van der Waals surface area contributed by atoms with Crippen LogP contribution in [0.3, 0.4) is 0 Å². The van der Waals surface area contributed by atoms with Crippen LogP contribution in [0.25, 0.3) is 0 Å². The van der Waals surface area contributed by atoms with Crippen molar-refractivity contribution in [1.29, 1.82) is 0 Å². The van der Waals surface area contributed by atoms with Gasteiger partial charge in [-0.2, -0.15) is 0 Å². The van der Waals surface area contributed by atoms with Crippen LogP contribution in [0.4, 0.5) is 0 Å². The molecule has 0 spiro atoms. The Morgan fingerprint density at radius 3 is 2.38 bits per heavy atom. The number of rotatable bonds is 5. The molecule has 0 amide bonds. The highest BCUT2D eigenvalue weighted by Gasteiger charge is 2.16. The van der Waals surface area contributed by atoms with Gasteiger partial charge < -0.3 is 9.26 Å². The molecule has 0 aliphatic carbocycles. The molecule has 1 aromatic rings. The quantitative estimate of drug-likeness (QED) is 0.759. The highest BCUT2D eigenvalue weighted by atomic mass is 16.5. The van der Waals surface area contributed by atoms with E-state index in [0.717, 1.165) is 5.76 Å². The van der Waals surface area contributed by atoms with Crippen molar-refractivity contribution >= 4 is 0 Å². The van der Waals surface area contributed by atoms with Gasteiger partial charge in [0.25, 0.3) is 5.88 Å². The minimum absolute atomic E-state index is 0. The summed E-state index contributed by atoms with van der Waals surface area (Å²) in [5.74, 6) is 2.95. The SMILES string of the molecule is C.CC(C)COc1cc([C@@H](C)C(C)C)on1. The van der Waals surface area contributed by atoms with Crippen LogP contribution in [0.2, 0.25) is 0 Å². The predicted molar refractivity (Wildman–Crippen MR) is 66.8 cm³/mol. The smallest absolute Gasteiger partial charge is 0.254 e. The minimum Gasteiger partial charge on any atom is -0.475 e. The maximum atomic E-state index is 5.47. The molecule has 0 aliphatic heterocycles. The predicted octanol–water partition coefficient (Wildman–Crippen LogP) is 4.11. The standard InChI is InChI=1S/C12H21NO2.CH4/c1-8(2)7-14-12-6-11(15-13-12)10(5)9(3)4;/h6,8-10H,7H2,1-5H3;1H4/t10-;/m0./s1. The zero-order chi connectivity index (χ0) is 11.4. The van der Waals surface area contributed by atoms with E-state index in [9.17, 15) is 0 Å². The van der Waals surface area contributed by atoms with Crippen LogP contribution in [0.15, 0.2) is 10.6 Å². The average Bonchev–Trinajstić information content (AvgIpc) is 2.61. The Balaban J connectivity index is 0.00000225. The van der Waals surface area contributed by atoms with Crippen LogP contribution < -0.4 is 4.74 Å². The van der Waals surface area contributed by atoms with Gasteiger partial charge in [0.1, 0.15) is 5.76 Å². The zero-order valence-corrected chi connectivity index (χ0v) is 10.3. The lowest BCUT2D eigenvalue weighted by atomic mass is 9.96. The van der Waals surface area contributed by atoms with E-state index in [-0.39, 0.29) is 7.43 Å². The molecule has 0 aromatic carbocycles.